The van der Waals surface area contributed by atoms with Gasteiger partial charge in [-0.25, -0.2) is 4.90 Å². The Morgan fingerprint density at radius 1 is 0.763 bits per heavy atom. The number of benzene rings is 4. The van der Waals surface area contributed by atoms with Gasteiger partial charge in [-0.15, -0.1) is 0 Å². The molecule has 0 unspecified atom stereocenters. The first kappa shape index (κ1) is 24.6. The number of rotatable bonds is 7. The molecule has 5 rings (SSSR count). The van der Waals surface area contributed by atoms with E-state index < -0.39 is 11.8 Å². The van der Waals surface area contributed by atoms with E-state index in [2.05, 4.69) is 10.6 Å². The molecule has 0 saturated heterocycles. The molecule has 3 N–H and O–H groups in total. The second kappa shape index (κ2) is 10.5. The van der Waals surface area contributed by atoms with E-state index in [4.69, 9.17) is 16.3 Å². The van der Waals surface area contributed by atoms with Crippen molar-refractivity contribution in [2.75, 3.05) is 15.5 Å². The first-order valence-electron chi connectivity index (χ1n) is 11.5. The average Bonchev–Trinajstić information content (AvgIpc) is 3.13. The van der Waals surface area contributed by atoms with Gasteiger partial charge in [0.05, 0.1) is 5.69 Å². The van der Waals surface area contributed by atoms with Gasteiger partial charge < -0.3 is 20.5 Å². The summed E-state index contributed by atoms with van der Waals surface area (Å²) in [7, 11) is 0. The number of nitrogens with one attached hydrogen (secondary N) is 2. The highest BCUT2D eigenvalue weighted by molar-refractivity contribution is 6.53. The van der Waals surface area contributed by atoms with E-state index in [1.807, 2.05) is 30.3 Å². The van der Waals surface area contributed by atoms with E-state index in [-0.39, 0.29) is 22.4 Å². The Morgan fingerprint density at radius 2 is 1.45 bits per heavy atom. The summed E-state index contributed by atoms with van der Waals surface area (Å²) >= 11 is 6.24. The highest BCUT2D eigenvalue weighted by atomic mass is 35.5. The van der Waals surface area contributed by atoms with E-state index in [9.17, 15) is 19.5 Å². The second-order valence-electron chi connectivity index (χ2n) is 8.25. The summed E-state index contributed by atoms with van der Waals surface area (Å²) in [5.41, 5.74) is 1.53. The number of aromatic hydroxyl groups is 1. The number of ether oxygens (including phenoxy) is 1. The third-order valence-corrected chi connectivity index (χ3v) is 5.97. The van der Waals surface area contributed by atoms with Crippen molar-refractivity contribution in [3.05, 3.63) is 119 Å². The van der Waals surface area contributed by atoms with Crippen LogP contribution in [0.4, 0.5) is 17.1 Å². The van der Waals surface area contributed by atoms with Crippen molar-refractivity contribution in [2.24, 2.45) is 0 Å². The highest BCUT2D eigenvalue weighted by Crippen LogP contribution is 2.32. The van der Waals surface area contributed by atoms with Crippen LogP contribution in [0.15, 0.2) is 114 Å². The number of halogens is 1. The third kappa shape index (κ3) is 5.21. The van der Waals surface area contributed by atoms with Crippen LogP contribution in [0.25, 0.3) is 0 Å². The van der Waals surface area contributed by atoms with E-state index >= 15 is 0 Å². The molecule has 0 radical (unpaired) electrons. The van der Waals surface area contributed by atoms with Crippen LogP contribution in [-0.2, 0) is 9.59 Å². The number of phenols is 1. The van der Waals surface area contributed by atoms with Gasteiger partial charge in [0.2, 0.25) is 0 Å². The molecule has 0 aromatic heterocycles. The Balaban J connectivity index is 1.26. The summed E-state index contributed by atoms with van der Waals surface area (Å²) in [6.07, 6.45) is 0. The summed E-state index contributed by atoms with van der Waals surface area (Å²) in [5.74, 6) is -0.399. The van der Waals surface area contributed by atoms with Gasteiger partial charge in [0.25, 0.3) is 17.7 Å². The number of imide groups is 1. The van der Waals surface area contributed by atoms with E-state index in [0.29, 0.717) is 34.1 Å². The number of hydrogen-bond acceptors (Lipinski definition) is 6. The van der Waals surface area contributed by atoms with Crippen LogP contribution in [0.2, 0.25) is 0 Å². The van der Waals surface area contributed by atoms with Crippen molar-refractivity contribution >= 4 is 46.4 Å². The van der Waals surface area contributed by atoms with Crippen LogP contribution < -0.4 is 20.3 Å². The molecule has 0 fully saturated rings. The molecule has 3 amide bonds. The monoisotopic (exact) mass is 525 g/mol. The zero-order valence-electron chi connectivity index (χ0n) is 19.7. The molecular weight excluding hydrogens is 506 g/mol. The van der Waals surface area contributed by atoms with Gasteiger partial charge >= 0.3 is 0 Å². The predicted molar refractivity (Wildman–Crippen MR) is 144 cm³/mol. The minimum atomic E-state index is -0.655. The lowest BCUT2D eigenvalue weighted by Crippen LogP contribution is -2.32. The Labute approximate surface area is 222 Å². The SMILES string of the molecule is O=C(Nc1cccc(O)c1)c1ccc(NC2=C(Cl)C(=O)N(c3ccc(Oc4ccccc4)cc3)C2=O)cc1. The van der Waals surface area contributed by atoms with Gasteiger partial charge in [0.15, 0.2) is 0 Å². The fourth-order valence-corrected chi connectivity index (χ4v) is 3.98. The van der Waals surface area contributed by atoms with Gasteiger partial charge in [0.1, 0.15) is 28.0 Å². The molecule has 38 heavy (non-hydrogen) atoms. The number of anilines is 3. The lowest BCUT2D eigenvalue weighted by molar-refractivity contribution is -0.120. The number of amides is 3. The molecule has 1 heterocycles. The first-order valence-corrected chi connectivity index (χ1v) is 11.9. The number of carbonyl (C=O) groups excluding carboxylic acids is 3. The lowest BCUT2D eigenvalue weighted by atomic mass is 10.2. The first-order chi connectivity index (χ1) is 18.4. The summed E-state index contributed by atoms with van der Waals surface area (Å²) < 4.78 is 5.76. The van der Waals surface area contributed by atoms with Crippen LogP contribution in [0.5, 0.6) is 17.2 Å². The summed E-state index contributed by atoms with van der Waals surface area (Å²) in [6.45, 7) is 0. The zero-order chi connectivity index (χ0) is 26.6. The maximum Gasteiger partial charge on any atom is 0.283 e. The van der Waals surface area contributed by atoms with Crippen molar-refractivity contribution in [2.45, 2.75) is 0 Å². The van der Waals surface area contributed by atoms with E-state index in [1.165, 1.54) is 12.1 Å². The number of carbonyl (C=O) groups is 3. The largest absolute Gasteiger partial charge is 0.508 e. The summed E-state index contributed by atoms with van der Waals surface area (Å²) in [5, 5.41) is 14.9. The molecule has 0 spiro atoms. The quantitative estimate of drug-likeness (QED) is 0.260. The molecule has 188 valence electrons. The molecular formula is C29H20ClN3O5. The minimum Gasteiger partial charge on any atom is -0.508 e. The Kier molecular flexibility index (Phi) is 6.80. The number of phenolic OH excluding ortho intramolecular Hbond substituents is 1. The zero-order valence-corrected chi connectivity index (χ0v) is 20.5. The van der Waals surface area contributed by atoms with Gasteiger partial charge in [-0.1, -0.05) is 35.9 Å². The third-order valence-electron chi connectivity index (χ3n) is 5.62. The Morgan fingerprint density at radius 3 is 2.13 bits per heavy atom. The molecule has 1 aliphatic heterocycles. The van der Waals surface area contributed by atoms with Crippen molar-refractivity contribution in [3.63, 3.8) is 0 Å². The molecule has 0 aliphatic carbocycles. The van der Waals surface area contributed by atoms with Crippen molar-refractivity contribution in [1.82, 2.24) is 0 Å². The Hall–Kier alpha value is -5.08. The molecule has 4 aromatic carbocycles. The predicted octanol–water partition coefficient (Wildman–Crippen LogP) is 5.87. The van der Waals surface area contributed by atoms with Gasteiger partial charge in [0, 0.05) is 23.0 Å². The maximum absolute atomic E-state index is 13.1. The number of para-hydroxylation sites is 1. The molecule has 0 bridgehead atoms. The number of hydrogen-bond donors (Lipinski definition) is 3. The molecule has 0 atom stereocenters. The van der Waals surface area contributed by atoms with Crippen LogP contribution in [0.1, 0.15) is 10.4 Å². The fraction of sp³-hybridized carbons (Fsp3) is 0. The maximum atomic E-state index is 13.1. The molecule has 4 aromatic rings. The topological polar surface area (TPSA) is 108 Å². The summed E-state index contributed by atoms with van der Waals surface area (Å²) in [4.78, 5) is 39.4. The van der Waals surface area contributed by atoms with Crippen molar-refractivity contribution < 1.29 is 24.2 Å². The molecule has 9 heteroatoms. The van der Waals surface area contributed by atoms with Crippen LogP contribution in [0, 0.1) is 0 Å². The van der Waals surface area contributed by atoms with Crippen LogP contribution in [0.3, 0.4) is 0 Å². The summed E-state index contributed by atoms with van der Waals surface area (Å²) in [6, 6.07) is 28.2. The van der Waals surface area contributed by atoms with E-state index in [1.54, 1.807) is 60.7 Å². The van der Waals surface area contributed by atoms with Crippen molar-refractivity contribution in [3.8, 4) is 17.2 Å². The standard InChI is InChI=1S/C29H20ClN3O5/c30-25-26(31-19-11-9-18(10-12-19)27(35)32-20-5-4-6-22(34)17-20)29(37)33(28(25)36)21-13-15-24(16-14-21)38-23-7-2-1-3-8-23/h1-17,31,34H,(H,32,35). The van der Waals surface area contributed by atoms with Gasteiger partial charge in [-0.05, 0) is 72.8 Å². The smallest absolute Gasteiger partial charge is 0.283 e. The lowest BCUT2D eigenvalue weighted by Gasteiger charge is -2.16. The second-order valence-corrected chi connectivity index (χ2v) is 8.63. The van der Waals surface area contributed by atoms with Crippen LogP contribution >= 0.6 is 11.6 Å². The minimum absolute atomic E-state index is 0.0359. The average molecular weight is 526 g/mol. The van der Waals surface area contributed by atoms with Crippen molar-refractivity contribution in [1.29, 1.82) is 0 Å². The highest BCUT2D eigenvalue weighted by Gasteiger charge is 2.39. The van der Waals surface area contributed by atoms with Gasteiger partial charge in [-0.3, -0.25) is 14.4 Å². The number of nitrogens with zero attached hydrogens (tertiary/aromatic N) is 1. The molecule has 1 aliphatic rings. The Bertz CT molecular complexity index is 1550. The van der Waals surface area contributed by atoms with Gasteiger partial charge in [-0.2, -0.15) is 0 Å². The normalized spacial score (nSPS) is 13.0. The molecule has 0 saturated carbocycles. The van der Waals surface area contributed by atoms with Crippen LogP contribution in [-0.4, -0.2) is 22.8 Å². The van der Waals surface area contributed by atoms with E-state index in [0.717, 1.165) is 4.90 Å². The molecule has 8 nitrogen and oxygen atoms in total. The fourth-order valence-electron chi connectivity index (χ4n) is 3.77.